The first-order valence-corrected chi connectivity index (χ1v) is 8.62. The summed E-state index contributed by atoms with van der Waals surface area (Å²) in [5.74, 6) is 0.0566. The predicted molar refractivity (Wildman–Crippen MR) is 100 cm³/mol. The molecule has 0 radical (unpaired) electrons. The summed E-state index contributed by atoms with van der Waals surface area (Å²) in [5, 5.41) is 0.769. The van der Waals surface area contributed by atoms with E-state index in [0.717, 1.165) is 27.9 Å². The van der Waals surface area contributed by atoms with Crippen LogP contribution in [0.4, 0.5) is 15.8 Å². The molecule has 0 N–H and O–H groups in total. The van der Waals surface area contributed by atoms with Crippen LogP contribution in [0.15, 0.2) is 59.7 Å². The molecule has 6 heteroatoms. The quantitative estimate of drug-likeness (QED) is 0.749. The number of anilines is 1. The van der Waals surface area contributed by atoms with Gasteiger partial charge in [-0.25, -0.2) is 14.2 Å². The van der Waals surface area contributed by atoms with Gasteiger partial charge in [0.05, 0.1) is 24.0 Å². The molecule has 0 saturated carbocycles. The van der Waals surface area contributed by atoms with Gasteiger partial charge < -0.3 is 4.74 Å². The van der Waals surface area contributed by atoms with E-state index in [1.165, 1.54) is 19.2 Å². The normalized spacial score (nSPS) is 15.7. The van der Waals surface area contributed by atoms with E-state index in [1.807, 2.05) is 17.9 Å². The van der Waals surface area contributed by atoms with Crippen LogP contribution >= 0.6 is 11.8 Å². The van der Waals surface area contributed by atoms with Crippen molar-refractivity contribution in [3.8, 4) is 0 Å². The van der Waals surface area contributed by atoms with Crippen molar-refractivity contribution in [2.75, 3.05) is 17.8 Å². The number of ether oxygens (including phenoxy) is 1. The van der Waals surface area contributed by atoms with Crippen LogP contribution in [0.2, 0.25) is 0 Å². The third-order valence-electron chi connectivity index (χ3n) is 3.79. The number of hydrogen-bond acceptors (Lipinski definition) is 4. The van der Waals surface area contributed by atoms with E-state index >= 15 is 0 Å². The van der Waals surface area contributed by atoms with Crippen molar-refractivity contribution in [1.82, 2.24) is 0 Å². The van der Waals surface area contributed by atoms with Gasteiger partial charge >= 0.3 is 5.97 Å². The highest BCUT2D eigenvalue weighted by Gasteiger charge is 2.26. The van der Waals surface area contributed by atoms with Crippen LogP contribution in [-0.2, 0) is 4.74 Å². The highest BCUT2D eigenvalue weighted by atomic mass is 32.2. The third-order valence-corrected chi connectivity index (χ3v) is 4.80. The summed E-state index contributed by atoms with van der Waals surface area (Å²) >= 11 is 1.57. The molecule has 0 spiro atoms. The molecular weight excluding hydrogens is 339 g/mol. The monoisotopic (exact) mass is 356 g/mol. The average Bonchev–Trinajstić information content (AvgIpc) is 2.96. The maximum absolute atomic E-state index is 13.1. The molecule has 0 aromatic heterocycles. The smallest absolute Gasteiger partial charge is 0.337 e. The first kappa shape index (κ1) is 17.2. The van der Waals surface area contributed by atoms with Gasteiger partial charge in [0, 0.05) is 11.4 Å². The molecule has 128 valence electrons. The van der Waals surface area contributed by atoms with Crippen LogP contribution in [0.25, 0.3) is 0 Å². The minimum absolute atomic E-state index is 0.293. The first-order chi connectivity index (χ1) is 12.0. The molecular formula is C19H17FN2O2S. The summed E-state index contributed by atoms with van der Waals surface area (Å²) < 4.78 is 17.8. The van der Waals surface area contributed by atoms with Crippen LogP contribution < -0.4 is 4.90 Å². The zero-order chi connectivity index (χ0) is 18.0. The lowest BCUT2D eigenvalue weighted by Gasteiger charge is -2.22. The van der Waals surface area contributed by atoms with E-state index in [-0.39, 0.29) is 11.8 Å². The van der Waals surface area contributed by atoms with Crippen LogP contribution in [0.3, 0.4) is 0 Å². The molecule has 1 fully saturated rings. The van der Waals surface area contributed by atoms with Gasteiger partial charge in [-0.15, -0.1) is 0 Å². The summed E-state index contributed by atoms with van der Waals surface area (Å²) in [4.78, 5) is 18.3. The van der Waals surface area contributed by atoms with Crippen LogP contribution in [0.5, 0.6) is 0 Å². The van der Waals surface area contributed by atoms with Crippen molar-refractivity contribution < 1.29 is 13.9 Å². The van der Waals surface area contributed by atoms with Gasteiger partial charge in [-0.1, -0.05) is 18.3 Å². The summed E-state index contributed by atoms with van der Waals surface area (Å²) in [6.45, 7) is 6.03. The SMILES string of the molecule is C=C1CSC(=Nc2ccc(F)cc2)N1c1ccc(C(=O)OC)cc1C. The fourth-order valence-electron chi connectivity index (χ4n) is 2.55. The number of amidine groups is 1. The molecule has 1 aliphatic rings. The summed E-state index contributed by atoms with van der Waals surface area (Å²) in [6.07, 6.45) is 0. The lowest BCUT2D eigenvalue weighted by molar-refractivity contribution is 0.0600. The topological polar surface area (TPSA) is 41.9 Å². The number of halogens is 1. The molecule has 2 aromatic carbocycles. The number of carbonyl (C=O) groups is 1. The highest BCUT2D eigenvalue weighted by Crippen LogP contribution is 2.35. The average molecular weight is 356 g/mol. The van der Waals surface area contributed by atoms with Crippen LogP contribution in [-0.4, -0.2) is 24.0 Å². The minimum atomic E-state index is -0.371. The van der Waals surface area contributed by atoms with E-state index < -0.39 is 0 Å². The maximum Gasteiger partial charge on any atom is 0.337 e. The number of esters is 1. The number of benzene rings is 2. The molecule has 3 rings (SSSR count). The number of carbonyl (C=O) groups excluding carboxylic acids is 1. The molecule has 1 aliphatic heterocycles. The second kappa shape index (κ2) is 7.11. The number of aryl methyl sites for hydroxylation is 1. The Morgan fingerprint density at radius 2 is 2.00 bits per heavy atom. The van der Waals surface area contributed by atoms with Crippen LogP contribution in [0.1, 0.15) is 15.9 Å². The van der Waals surface area contributed by atoms with Gasteiger partial charge in [-0.3, -0.25) is 4.90 Å². The Kier molecular flexibility index (Phi) is 4.90. The van der Waals surface area contributed by atoms with E-state index in [2.05, 4.69) is 11.6 Å². The lowest BCUT2D eigenvalue weighted by atomic mass is 10.1. The standard InChI is InChI=1S/C19H17FN2O2S/c1-12-10-14(18(23)24-3)4-9-17(12)22-13(2)11-25-19(22)21-16-7-5-15(20)6-8-16/h4-10H,2,11H2,1,3H3. The first-order valence-electron chi connectivity index (χ1n) is 7.63. The van der Waals surface area contributed by atoms with Crippen molar-refractivity contribution >= 4 is 34.3 Å². The van der Waals surface area contributed by atoms with E-state index in [4.69, 9.17) is 4.74 Å². The molecule has 2 aromatic rings. The van der Waals surface area contributed by atoms with Gasteiger partial charge in [0.1, 0.15) is 5.82 Å². The zero-order valence-electron chi connectivity index (χ0n) is 14.0. The van der Waals surface area contributed by atoms with Gasteiger partial charge in [-0.2, -0.15) is 0 Å². The molecule has 0 atom stereocenters. The van der Waals surface area contributed by atoms with E-state index in [0.29, 0.717) is 11.3 Å². The van der Waals surface area contributed by atoms with Crippen molar-refractivity contribution in [1.29, 1.82) is 0 Å². The van der Waals surface area contributed by atoms with E-state index in [9.17, 15) is 9.18 Å². The number of aliphatic imine (C=N–C) groups is 1. The molecule has 0 amide bonds. The molecule has 1 heterocycles. The fraction of sp³-hybridized carbons (Fsp3) is 0.158. The van der Waals surface area contributed by atoms with Crippen molar-refractivity contribution in [2.45, 2.75) is 6.92 Å². The Morgan fingerprint density at radius 3 is 2.64 bits per heavy atom. The largest absolute Gasteiger partial charge is 0.465 e. The van der Waals surface area contributed by atoms with E-state index in [1.54, 1.807) is 36.0 Å². The molecule has 25 heavy (non-hydrogen) atoms. The molecule has 0 aliphatic carbocycles. The summed E-state index contributed by atoms with van der Waals surface area (Å²) in [6, 6.07) is 11.4. The maximum atomic E-state index is 13.1. The zero-order valence-corrected chi connectivity index (χ0v) is 14.8. The third kappa shape index (κ3) is 3.58. The molecule has 0 bridgehead atoms. The van der Waals surface area contributed by atoms with Gasteiger partial charge in [0.2, 0.25) is 0 Å². The Balaban J connectivity index is 1.97. The van der Waals surface area contributed by atoms with Crippen LogP contribution in [0, 0.1) is 12.7 Å². The van der Waals surface area contributed by atoms with Gasteiger partial charge in [-0.05, 0) is 55.0 Å². The fourth-order valence-corrected chi connectivity index (χ4v) is 3.50. The summed E-state index contributed by atoms with van der Waals surface area (Å²) in [7, 11) is 1.36. The number of rotatable bonds is 3. The number of hydrogen-bond donors (Lipinski definition) is 0. The Hall–Kier alpha value is -2.60. The highest BCUT2D eigenvalue weighted by molar-refractivity contribution is 8.14. The second-order valence-corrected chi connectivity index (χ2v) is 6.50. The van der Waals surface area contributed by atoms with Crippen molar-refractivity contribution in [2.24, 2.45) is 4.99 Å². The number of thioether (sulfide) groups is 1. The Morgan fingerprint density at radius 1 is 1.28 bits per heavy atom. The molecule has 4 nitrogen and oxygen atoms in total. The number of nitrogens with zero attached hydrogens (tertiary/aromatic N) is 2. The Labute approximate surface area is 150 Å². The second-order valence-electron chi connectivity index (χ2n) is 5.55. The minimum Gasteiger partial charge on any atom is -0.465 e. The molecule has 1 saturated heterocycles. The van der Waals surface area contributed by atoms with Crippen molar-refractivity contribution in [3.05, 3.63) is 71.7 Å². The predicted octanol–water partition coefficient (Wildman–Crippen LogP) is 4.68. The number of methoxy groups -OCH3 is 1. The van der Waals surface area contributed by atoms with Gasteiger partial charge in [0.25, 0.3) is 0 Å². The summed E-state index contributed by atoms with van der Waals surface area (Å²) in [5.41, 5.74) is 3.90. The lowest BCUT2D eigenvalue weighted by Crippen LogP contribution is -2.22. The van der Waals surface area contributed by atoms with Gasteiger partial charge in [0.15, 0.2) is 5.17 Å². The Bertz CT molecular complexity index is 862. The van der Waals surface area contributed by atoms with Crippen molar-refractivity contribution in [3.63, 3.8) is 0 Å². The molecule has 0 unspecified atom stereocenters.